The molecule has 4 aromatic rings. The molecule has 32 heavy (non-hydrogen) atoms. The third kappa shape index (κ3) is 3.11. The van der Waals surface area contributed by atoms with Crippen LogP contribution in [0.1, 0.15) is 30.1 Å². The molecule has 2 aliphatic rings. The van der Waals surface area contributed by atoms with Gasteiger partial charge >= 0.3 is 0 Å². The highest BCUT2D eigenvalue weighted by atomic mass is 35.5. The fourth-order valence-electron chi connectivity index (χ4n) is 5.43. The van der Waals surface area contributed by atoms with Crippen LogP contribution in [0.2, 0.25) is 0 Å². The van der Waals surface area contributed by atoms with Gasteiger partial charge in [0.15, 0.2) is 0 Å². The number of aryl methyl sites for hydroxylation is 1. The third-order valence-electron chi connectivity index (χ3n) is 6.94. The second kappa shape index (κ2) is 7.77. The Labute approximate surface area is 194 Å². The highest BCUT2D eigenvalue weighted by Gasteiger charge is 2.36. The van der Waals surface area contributed by atoms with Gasteiger partial charge in [-0.25, -0.2) is 8.42 Å². The minimum atomic E-state index is -3.67. The van der Waals surface area contributed by atoms with Crippen molar-refractivity contribution in [3.05, 3.63) is 84.1 Å². The quantitative estimate of drug-likeness (QED) is 0.438. The molecule has 2 aliphatic heterocycles. The van der Waals surface area contributed by atoms with Crippen LogP contribution in [0.25, 0.3) is 22.0 Å². The van der Waals surface area contributed by atoms with E-state index >= 15 is 0 Å². The molecule has 4 nitrogen and oxygen atoms in total. The number of nitrogens with zero attached hydrogens (tertiary/aromatic N) is 1. The summed E-state index contributed by atoms with van der Waals surface area (Å²) in [5.74, 6) is 0. The van der Waals surface area contributed by atoms with Crippen molar-refractivity contribution in [3.8, 4) is 11.1 Å². The summed E-state index contributed by atoms with van der Waals surface area (Å²) in [6, 6.07) is 23.5. The summed E-state index contributed by atoms with van der Waals surface area (Å²) < 4.78 is 29.8. The Hall–Kier alpha value is -2.60. The smallest absolute Gasteiger partial charge is 0.207 e. The molecule has 1 aromatic heterocycles. The van der Waals surface area contributed by atoms with Gasteiger partial charge in [0.2, 0.25) is 9.84 Å². The summed E-state index contributed by atoms with van der Waals surface area (Å²) in [6.45, 7) is 0. The van der Waals surface area contributed by atoms with Gasteiger partial charge in [-0.2, -0.15) is 0 Å². The molecule has 1 fully saturated rings. The molecule has 3 heterocycles. The number of sulfone groups is 1. The summed E-state index contributed by atoms with van der Waals surface area (Å²) in [5, 5.41) is 4.77. The molecule has 0 aliphatic carbocycles. The molecule has 6 heteroatoms. The number of fused-ring (bicyclic) bond motifs is 6. The zero-order valence-electron chi connectivity index (χ0n) is 17.8. The third-order valence-corrected chi connectivity index (χ3v) is 8.75. The lowest BCUT2D eigenvalue weighted by molar-refractivity contribution is 0.503. The number of halogens is 1. The Bertz CT molecular complexity index is 1430. The first-order valence-electron chi connectivity index (χ1n) is 10.8. The zero-order chi connectivity index (χ0) is 21.2. The molecule has 3 aromatic carbocycles. The van der Waals surface area contributed by atoms with Crippen molar-refractivity contribution >= 4 is 33.1 Å². The SMILES string of the molecule is Cl.Cn1c2c(c3cc(S(=O)(=O)c4ccccc4-c4ccccc4)ccc31)C1CCC(C2)N1. The Morgan fingerprint density at radius 2 is 1.69 bits per heavy atom. The summed E-state index contributed by atoms with van der Waals surface area (Å²) in [5.41, 5.74) is 5.38. The van der Waals surface area contributed by atoms with Crippen molar-refractivity contribution in [2.75, 3.05) is 0 Å². The number of hydrogen-bond acceptors (Lipinski definition) is 3. The average molecular weight is 465 g/mol. The van der Waals surface area contributed by atoms with Crippen molar-refractivity contribution in [1.29, 1.82) is 0 Å². The molecule has 0 spiro atoms. The first-order valence-corrected chi connectivity index (χ1v) is 12.3. The van der Waals surface area contributed by atoms with Crippen molar-refractivity contribution < 1.29 is 8.42 Å². The van der Waals surface area contributed by atoms with E-state index in [0.717, 1.165) is 34.9 Å². The standard InChI is InChI=1S/C26H24N2O2S.ClH/c1-28-23-14-12-19(16-21(23)26-22-13-11-18(27-22)15-24(26)28)31(29,30)25-10-6-5-9-20(25)17-7-3-2-4-8-17;/h2-10,12,14,16,18,22,27H,11,13,15H2,1H3;1H. The van der Waals surface area contributed by atoms with E-state index in [-0.39, 0.29) is 12.4 Å². The fourth-order valence-corrected chi connectivity index (χ4v) is 6.94. The predicted octanol–water partition coefficient (Wildman–Crippen LogP) is 5.45. The van der Waals surface area contributed by atoms with Crippen LogP contribution in [0.15, 0.2) is 82.6 Å². The summed E-state index contributed by atoms with van der Waals surface area (Å²) in [6.07, 6.45) is 3.31. The summed E-state index contributed by atoms with van der Waals surface area (Å²) in [4.78, 5) is 0.710. The highest BCUT2D eigenvalue weighted by Crippen LogP contribution is 2.42. The van der Waals surface area contributed by atoms with Gasteiger partial charge in [0, 0.05) is 47.7 Å². The van der Waals surface area contributed by atoms with Gasteiger partial charge in [0.25, 0.3) is 0 Å². The summed E-state index contributed by atoms with van der Waals surface area (Å²) in [7, 11) is -1.57. The van der Waals surface area contributed by atoms with Crippen LogP contribution in [0, 0.1) is 0 Å². The van der Waals surface area contributed by atoms with Crippen molar-refractivity contribution in [2.24, 2.45) is 7.05 Å². The predicted molar refractivity (Wildman–Crippen MR) is 130 cm³/mol. The van der Waals surface area contributed by atoms with Crippen LogP contribution in [0.3, 0.4) is 0 Å². The van der Waals surface area contributed by atoms with Gasteiger partial charge in [-0.1, -0.05) is 48.5 Å². The number of nitrogens with one attached hydrogen (secondary N) is 1. The Morgan fingerprint density at radius 3 is 2.50 bits per heavy atom. The molecule has 2 unspecified atom stereocenters. The molecule has 0 amide bonds. The van der Waals surface area contributed by atoms with E-state index in [2.05, 4.69) is 16.9 Å². The first-order chi connectivity index (χ1) is 15.0. The first kappa shape index (κ1) is 21.3. The Balaban J connectivity index is 0.00000216. The summed E-state index contributed by atoms with van der Waals surface area (Å²) >= 11 is 0. The normalized spacial score (nSPS) is 19.5. The van der Waals surface area contributed by atoms with E-state index in [0.29, 0.717) is 21.9 Å². The van der Waals surface area contributed by atoms with Crippen molar-refractivity contribution in [3.63, 3.8) is 0 Å². The van der Waals surface area contributed by atoms with Gasteiger partial charge in [0.1, 0.15) is 0 Å². The van der Waals surface area contributed by atoms with Gasteiger partial charge in [0.05, 0.1) is 9.79 Å². The van der Waals surface area contributed by atoms with Crippen LogP contribution in [0.5, 0.6) is 0 Å². The number of aromatic nitrogens is 1. The Kier molecular flexibility index (Phi) is 5.16. The molecule has 1 N–H and O–H groups in total. The molecular weight excluding hydrogens is 440 g/mol. The molecule has 0 radical (unpaired) electrons. The molecule has 2 bridgehead atoms. The van der Waals surface area contributed by atoms with Crippen molar-refractivity contribution in [2.45, 2.75) is 41.1 Å². The van der Waals surface area contributed by atoms with Crippen LogP contribution >= 0.6 is 12.4 Å². The minimum Gasteiger partial charge on any atom is -0.347 e. The fraction of sp³-hybridized carbons (Fsp3) is 0.231. The lowest BCUT2D eigenvalue weighted by Gasteiger charge is -2.23. The van der Waals surface area contributed by atoms with Gasteiger partial charge in [-0.15, -0.1) is 12.4 Å². The van der Waals surface area contributed by atoms with E-state index in [9.17, 15) is 8.42 Å². The minimum absolute atomic E-state index is 0. The average Bonchev–Trinajstić information content (AvgIpc) is 3.32. The lowest BCUT2D eigenvalue weighted by Crippen LogP contribution is -2.32. The van der Waals surface area contributed by atoms with E-state index in [1.165, 1.54) is 17.7 Å². The number of hydrogen-bond donors (Lipinski definition) is 1. The topological polar surface area (TPSA) is 51.1 Å². The van der Waals surface area contributed by atoms with Crippen molar-refractivity contribution in [1.82, 2.24) is 9.88 Å². The molecule has 2 atom stereocenters. The second-order valence-electron chi connectivity index (χ2n) is 8.66. The Morgan fingerprint density at radius 1 is 0.938 bits per heavy atom. The maximum absolute atomic E-state index is 13.8. The van der Waals surface area contributed by atoms with Gasteiger partial charge < -0.3 is 9.88 Å². The van der Waals surface area contributed by atoms with Crippen LogP contribution in [0.4, 0.5) is 0 Å². The van der Waals surface area contributed by atoms with Crippen LogP contribution in [-0.4, -0.2) is 19.0 Å². The maximum Gasteiger partial charge on any atom is 0.207 e. The maximum atomic E-state index is 13.8. The van der Waals surface area contributed by atoms with Gasteiger partial charge in [-0.05, 0) is 48.2 Å². The monoisotopic (exact) mass is 464 g/mol. The van der Waals surface area contributed by atoms with Crippen LogP contribution in [-0.2, 0) is 23.3 Å². The van der Waals surface area contributed by atoms with E-state index in [4.69, 9.17) is 0 Å². The highest BCUT2D eigenvalue weighted by molar-refractivity contribution is 7.91. The molecule has 6 rings (SSSR count). The molecule has 0 saturated carbocycles. The second-order valence-corrected chi connectivity index (χ2v) is 10.6. The van der Waals surface area contributed by atoms with Crippen LogP contribution < -0.4 is 5.32 Å². The zero-order valence-corrected chi connectivity index (χ0v) is 19.4. The van der Waals surface area contributed by atoms with Gasteiger partial charge in [-0.3, -0.25) is 0 Å². The van der Waals surface area contributed by atoms with E-state index in [1.807, 2.05) is 54.6 Å². The van der Waals surface area contributed by atoms with E-state index < -0.39 is 9.84 Å². The number of benzene rings is 3. The number of rotatable bonds is 3. The molecule has 1 saturated heterocycles. The molecular formula is C26H25ClN2O2S. The molecule has 164 valence electrons. The van der Waals surface area contributed by atoms with E-state index in [1.54, 1.807) is 18.2 Å². The lowest BCUT2D eigenvalue weighted by atomic mass is 9.99. The largest absolute Gasteiger partial charge is 0.347 e.